The molecule has 1 saturated carbocycles. The SMILES string of the molecule is NCC1(c2cccnc2Cl)CCCC1. The highest BCUT2D eigenvalue weighted by Gasteiger charge is 2.35. The first-order valence-electron chi connectivity index (χ1n) is 5.10. The molecule has 1 fully saturated rings. The second kappa shape index (κ2) is 3.87. The number of halogens is 1. The van der Waals surface area contributed by atoms with Crippen molar-refractivity contribution in [1.29, 1.82) is 0 Å². The zero-order valence-corrected chi connectivity index (χ0v) is 8.93. The first-order valence-corrected chi connectivity index (χ1v) is 5.47. The van der Waals surface area contributed by atoms with Gasteiger partial charge in [-0.2, -0.15) is 0 Å². The van der Waals surface area contributed by atoms with Gasteiger partial charge in [0.2, 0.25) is 0 Å². The van der Waals surface area contributed by atoms with Crippen LogP contribution in [0.2, 0.25) is 5.15 Å². The summed E-state index contributed by atoms with van der Waals surface area (Å²) >= 11 is 6.11. The Morgan fingerprint density at radius 2 is 2.14 bits per heavy atom. The molecule has 0 unspecified atom stereocenters. The lowest BCUT2D eigenvalue weighted by atomic mass is 9.80. The molecular formula is C11H15ClN2. The van der Waals surface area contributed by atoms with Gasteiger partial charge in [0.05, 0.1) is 0 Å². The predicted molar refractivity (Wildman–Crippen MR) is 58.4 cm³/mol. The van der Waals surface area contributed by atoms with Crippen LogP contribution in [0.4, 0.5) is 0 Å². The van der Waals surface area contributed by atoms with Crippen molar-refractivity contribution < 1.29 is 0 Å². The second-order valence-electron chi connectivity index (χ2n) is 4.03. The summed E-state index contributed by atoms with van der Waals surface area (Å²) in [6.45, 7) is 0.679. The molecule has 76 valence electrons. The lowest BCUT2D eigenvalue weighted by Gasteiger charge is -2.28. The predicted octanol–water partition coefficient (Wildman–Crippen LogP) is 2.51. The van der Waals surface area contributed by atoms with Crippen LogP contribution in [0.5, 0.6) is 0 Å². The van der Waals surface area contributed by atoms with Crippen molar-refractivity contribution in [2.24, 2.45) is 5.73 Å². The average Bonchev–Trinajstić information content (AvgIpc) is 2.68. The maximum absolute atomic E-state index is 6.11. The Morgan fingerprint density at radius 3 is 2.71 bits per heavy atom. The summed E-state index contributed by atoms with van der Waals surface area (Å²) in [5.41, 5.74) is 7.13. The van der Waals surface area contributed by atoms with Crippen molar-refractivity contribution in [1.82, 2.24) is 4.98 Å². The Bertz CT molecular complexity index is 319. The van der Waals surface area contributed by atoms with Gasteiger partial charge in [0.25, 0.3) is 0 Å². The molecule has 1 heterocycles. The Balaban J connectivity index is 2.41. The molecule has 0 aromatic carbocycles. The van der Waals surface area contributed by atoms with E-state index in [1.807, 2.05) is 6.07 Å². The molecule has 1 aliphatic rings. The first kappa shape index (κ1) is 9.94. The highest BCUT2D eigenvalue weighted by atomic mass is 35.5. The molecule has 2 N–H and O–H groups in total. The third kappa shape index (κ3) is 1.53. The van der Waals surface area contributed by atoms with Crippen molar-refractivity contribution in [3.05, 3.63) is 29.0 Å². The van der Waals surface area contributed by atoms with Gasteiger partial charge < -0.3 is 5.73 Å². The number of nitrogens with zero attached hydrogens (tertiary/aromatic N) is 1. The van der Waals surface area contributed by atoms with E-state index in [2.05, 4.69) is 11.1 Å². The molecule has 0 bridgehead atoms. The minimum Gasteiger partial charge on any atom is -0.330 e. The fraction of sp³-hybridized carbons (Fsp3) is 0.545. The second-order valence-corrected chi connectivity index (χ2v) is 4.39. The minimum absolute atomic E-state index is 0.103. The van der Waals surface area contributed by atoms with Crippen LogP contribution in [-0.4, -0.2) is 11.5 Å². The van der Waals surface area contributed by atoms with Crippen LogP contribution in [0.3, 0.4) is 0 Å². The molecule has 2 rings (SSSR count). The van der Waals surface area contributed by atoms with Gasteiger partial charge in [0.15, 0.2) is 0 Å². The fourth-order valence-corrected chi connectivity index (χ4v) is 2.74. The maximum Gasteiger partial charge on any atom is 0.132 e. The number of hydrogen-bond acceptors (Lipinski definition) is 2. The summed E-state index contributed by atoms with van der Waals surface area (Å²) in [4.78, 5) is 4.13. The van der Waals surface area contributed by atoms with Crippen LogP contribution in [-0.2, 0) is 5.41 Å². The number of rotatable bonds is 2. The lowest BCUT2D eigenvalue weighted by Crippen LogP contribution is -2.32. The summed E-state index contributed by atoms with van der Waals surface area (Å²) in [5.74, 6) is 0. The Morgan fingerprint density at radius 1 is 1.43 bits per heavy atom. The van der Waals surface area contributed by atoms with E-state index >= 15 is 0 Å². The van der Waals surface area contributed by atoms with Crippen molar-refractivity contribution in [3.8, 4) is 0 Å². The summed E-state index contributed by atoms with van der Waals surface area (Å²) in [6, 6.07) is 4.00. The highest BCUT2D eigenvalue weighted by molar-refractivity contribution is 6.30. The molecule has 0 atom stereocenters. The summed E-state index contributed by atoms with van der Waals surface area (Å²) in [5, 5.41) is 0.625. The van der Waals surface area contributed by atoms with Crippen molar-refractivity contribution in [3.63, 3.8) is 0 Å². The van der Waals surface area contributed by atoms with Gasteiger partial charge in [0.1, 0.15) is 5.15 Å². The van der Waals surface area contributed by atoms with Gasteiger partial charge in [-0.25, -0.2) is 4.98 Å². The van der Waals surface area contributed by atoms with Crippen molar-refractivity contribution >= 4 is 11.6 Å². The van der Waals surface area contributed by atoms with Gasteiger partial charge in [-0.3, -0.25) is 0 Å². The smallest absolute Gasteiger partial charge is 0.132 e. The standard InChI is InChI=1S/C11H15ClN2/c12-10-9(4-3-7-14-10)11(8-13)5-1-2-6-11/h3-4,7H,1-2,5-6,8,13H2. The molecule has 3 heteroatoms. The van der Waals surface area contributed by atoms with Gasteiger partial charge >= 0.3 is 0 Å². The number of hydrogen-bond donors (Lipinski definition) is 1. The molecular weight excluding hydrogens is 196 g/mol. The zero-order chi connectivity index (χ0) is 10.0. The molecule has 1 aromatic rings. The van der Waals surface area contributed by atoms with Crippen LogP contribution in [0, 0.1) is 0 Å². The van der Waals surface area contributed by atoms with Gasteiger partial charge in [-0.1, -0.05) is 30.5 Å². The van der Waals surface area contributed by atoms with E-state index < -0.39 is 0 Å². The topological polar surface area (TPSA) is 38.9 Å². The fourth-order valence-electron chi connectivity index (χ4n) is 2.42. The molecule has 0 aliphatic heterocycles. The van der Waals surface area contributed by atoms with E-state index in [0.29, 0.717) is 11.7 Å². The molecule has 1 aliphatic carbocycles. The molecule has 1 aromatic heterocycles. The number of pyridine rings is 1. The van der Waals surface area contributed by atoms with E-state index in [9.17, 15) is 0 Å². The van der Waals surface area contributed by atoms with Crippen LogP contribution >= 0.6 is 11.6 Å². The molecule has 0 saturated heterocycles. The summed E-state index contributed by atoms with van der Waals surface area (Å²) < 4.78 is 0. The maximum atomic E-state index is 6.11. The minimum atomic E-state index is 0.103. The van der Waals surface area contributed by atoms with E-state index in [0.717, 1.165) is 18.4 Å². The largest absolute Gasteiger partial charge is 0.330 e. The van der Waals surface area contributed by atoms with Crippen molar-refractivity contribution in [2.75, 3.05) is 6.54 Å². The Hall–Kier alpha value is -0.600. The monoisotopic (exact) mass is 210 g/mol. The van der Waals surface area contributed by atoms with Crippen molar-refractivity contribution in [2.45, 2.75) is 31.1 Å². The summed E-state index contributed by atoms with van der Waals surface area (Å²) in [7, 11) is 0. The van der Waals surface area contributed by atoms with E-state index in [-0.39, 0.29) is 5.41 Å². The van der Waals surface area contributed by atoms with Crippen LogP contribution in [0.15, 0.2) is 18.3 Å². The van der Waals surface area contributed by atoms with Crippen LogP contribution < -0.4 is 5.73 Å². The van der Waals surface area contributed by atoms with E-state index in [4.69, 9.17) is 17.3 Å². The molecule has 14 heavy (non-hydrogen) atoms. The molecule has 2 nitrogen and oxygen atoms in total. The van der Waals surface area contributed by atoms with E-state index in [1.54, 1.807) is 6.20 Å². The quantitative estimate of drug-likeness (QED) is 0.762. The first-order chi connectivity index (χ1) is 6.78. The lowest BCUT2D eigenvalue weighted by molar-refractivity contribution is 0.452. The van der Waals surface area contributed by atoms with Crippen LogP contribution in [0.25, 0.3) is 0 Å². The third-order valence-electron chi connectivity index (χ3n) is 3.28. The van der Waals surface area contributed by atoms with Gasteiger partial charge in [-0.15, -0.1) is 0 Å². The van der Waals surface area contributed by atoms with E-state index in [1.165, 1.54) is 12.8 Å². The highest BCUT2D eigenvalue weighted by Crippen LogP contribution is 2.42. The van der Waals surface area contributed by atoms with Gasteiger partial charge in [0, 0.05) is 18.2 Å². The third-order valence-corrected chi connectivity index (χ3v) is 3.58. The number of nitrogens with two attached hydrogens (primary N) is 1. The van der Waals surface area contributed by atoms with Crippen LogP contribution in [0.1, 0.15) is 31.2 Å². The summed E-state index contributed by atoms with van der Waals surface area (Å²) in [6.07, 6.45) is 6.53. The molecule has 0 amide bonds. The molecule has 0 radical (unpaired) electrons. The zero-order valence-electron chi connectivity index (χ0n) is 8.17. The normalized spacial score (nSPS) is 19.9. The number of aromatic nitrogens is 1. The molecule has 0 spiro atoms. The average molecular weight is 211 g/mol. The Labute approximate surface area is 89.5 Å². The van der Waals surface area contributed by atoms with Gasteiger partial charge in [-0.05, 0) is 24.5 Å². The Kier molecular flexibility index (Phi) is 2.75.